The van der Waals surface area contributed by atoms with Gasteiger partial charge in [-0.3, -0.25) is 14.5 Å². The van der Waals surface area contributed by atoms with Crippen LogP contribution < -0.4 is 14.8 Å². The fraction of sp³-hybridized carbons (Fsp3) is 0.652. The molecule has 1 spiro atoms. The number of rotatable bonds is 6. The Morgan fingerprint density at radius 3 is 2.53 bits per heavy atom. The van der Waals surface area contributed by atoms with Gasteiger partial charge >= 0.3 is 0 Å². The first-order valence-electron chi connectivity index (χ1n) is 10.9. The molecule has 1 aliphatic heterocycles. The molecular weight excluding hydrogens is 384 g/mol. The number of methoxy groups -OCH3 is 2. The molecule has 0 bridgehead atoms. The van der Waals surface area contributed by atoms with Crippen LogP contribution in [0.4, 0.5) is 0 Å². The molecule has 7 heteroatoms. The highest BCUT2D eigenvalue weighted by Gasteiger charge is 2.54. The third-order valence-electron chi connectivity index (χ3n) is 6.36. The van der Waals surface area contributed by atoms with E-state index in [1.807, 2.05) is 13.8 Å². The summed E-state index contributed by atoms with van der Waals surface area (Å²) in [6.07, 6.45) is 4.29. The van der Waals surface area contributed by atoms with Crippen molar-refractivity contribution in [2.24, 2.45) is 5.92 Å². The lowest BCUT2D eigenvalue weighted by Crippen LogP contribution is -2.57. The van der Waals surface area contributed by atoms with E-state index in [1.54, 1.807) is 23.1 Å². The van der Waals surface area contributed by atoms with Gasteiger partial charge < -0.3 is 19.5 Å². The Labute approximate surface area is 179 Å². The SMILES string of the molecule is CC[C@@H](C)NC(=O)[C@H]1CO[C@]2(CCC[C@H](C)C2)N1C(=O)c1c(OC)cccc1OC. The van der Waals surface area contributed by atoms with E-state index < -0.39 is 11.8 Å². The molecule has 1 N–H and O–H groups in total. The van der Waals surface area contributed by atoms with Gasteiger partial charge in [0.05, 0.1) is 20.8 Å². The van der Waals surface area contributed by atoms with Crippen LogP contribution >= 0.6 is 0 Å². The van der Waals surface area contributed by atoms with Gasteiger partial charge in [0.15, 0.2) is 0 Å². The number of carbonyl (C=O) groups excluding carboxylic acids is 2. The first-order chi connectivity index (χ1) is 14.4. The second kappa shape index (κ2) is 9.25. The molecule has 30 heavy (non-hydrogen) atoms. The molecule has 1 aromatic rings. The van der Waals surface area contributed by atoms with Crippen LogP contribution in [0.3, 0.4) is 0 Å². The Morgan fingerprint density at radius 1 is 1.30 bits per heavy atom. The van der Waals surface area contributed by atoms with Crippen LogP contribution in [0.2, 0.25) is 0 Å². The first kappa shape index (κ1) is 22.4. The summed E-state index contributed by atoms with van der Waals surface area (Å²) >= 11 is 0. The van der Waals surface area contributed by atoms with Gasteiger partial charge in [-0.15, -0.1) is 0 Å². The Balaban J connectivity index is 2.04. The van der Waals surface area contributed by atoms with Crippen LogP contribution in [0.25, 0.3) is 0 Å². The lowest BCUT2D eigenvalue weighted by Gasteiger charge is -2.43. The zero-order valence-electron chi connectivity index (χ0n) is 18.7. The minimum absolute atomic E-state index is 0.0251. The van der Waals surface area contributed by atoms with Gasteiger partial charge in [0, 0.05) is 6.04 Å². The maximum absolute atomic E-state index is 14.0. The van der Waals surface area contributed by atoms with E-state index in [-0.39, 0.29) is 24.5 Å². The molecule has 0 aromatic heterocycles. The van der Waals surface area contributed by atoms with Crippen molar-refractivity contribution in [2.75, 3.05) is 20.8 Å². The third-order valence-corrected chi connectivity index (χ3v) is 6.36. The molecule has 2 fully saturated rings. The van der Waals surface area contributed by atoms with Crippen molar-refractivity contribution in [1.29, 1.82) is 0 Å². The molecule has 166 valence electrons. The summed E-state index contributed by atoms with van der Waals surface area (Å²) in [5.41, 5.74) is -0.454. The second-order valence-corrected chi connectivity index (χ2v) is 8.51. The van der Waals surface area contributed by atoms with E-state index in [4.69, 9.17) is 14.2 Å². The van der Waals surface area contributed by atoms with Crippen LogP contribution in [0, 0.1) is 5.92 Å². The van der Waals surface area contributed by atoms with Crippen LogP contribution in [0.5, 0.6) is 11.5 Å². The highest BCUT2D eigenvalue weighted by atomic mass is 16.5. The van der Waals surface area contributed by atoms with Crippen molar-refractivity contribution in [2.45, 2.75) is 70.7 Å². The fourth-order valence-electron chi connectivity index (χ4n) is 4.63. The van der Waals surface area contributed by atoms with E-state index in [1.165, 1.54) is 14.2 Å². The fourth-order valence-corrected chi connectivity index (χ4v) is 4.63. The predicted molar refractivity (Wildman–Crippen MR) is 114 cm³/mol. The van der Waals surface area contributed by atoms with Gasteiger partial charge in [-0.2, -0.15) is 0 Å². The highest BCUT2D eigenvalue weighted by molar-refractivity contribution is 6.02. The summed E-state index contributed by atoms with van der Waals surface area (Å²) in [5, 5.41) is 3.02. The van der Waals surface area contributed by atoms with Crippen LogP contribution in [-0.2, 0) is 9.53 Å². The van der Waals surface area contributed by atoms with Crippen LogP contribution in [0.1, 0.15) is 63.2 Å². The predicted octanol–water partition coefficient (Wildman–Crippen LogP) is 3.37. The van der Waals surface area contributed by atoms with E-state index in [0.717, 1.165) is 19.3 Å². The van der Waals surface area contributed by atoms with Crippen LogP contribution in [-0.4, -0.2) is 55.3 Å². The quantitative estimate of drug-likeness (QED) is 0.767. The third kappa shape index (κ3) is 4.13. The van der Waals surface area contributed by atoms with E-state index in [9.17, 15) is 9.59 Å². The van der Waals surface area contributed by atoms with Crippen molar-refractivity contribution in [3.05, 3.63) is 23.8 Å². The van der Waals surface area contributed by atoms with Gasteiger partial charge in [-0.25, -0.2) is 0 Å². The van der Waals surface area contributed by atoms with Gasteiger partial charge in [0.1, 0.15) is 28.8 Å². The van der Waals surface area contributed by atoms with Crippen molar-refractivity contribution in [3.63, 3.8) is 0 Å². The molecule has 1 heterocycles. The van der Waals surface area contributed by atoms with Crippen molar-refractivity contribution >= 4 is 11.8 Å². The number of hydrogen-bond acceptors (Lipinski definition) is 5. The number of benzene rings is 1. The smallest absolute Gasteiger partial charge is 0.264 e. The molecule has 2 aliphatic rings. The monoisotopic (exact) mass is 418 g/mol. The largest absolute Gasteiger partial charge is 0.496 e. The van der Waals surface area contributed by atoms with Crippen LogP contribution in [0.15, 0.2) is 18.2 Å². The van der Waals surface area contributed by atoms with E-state index >= 15 is 0 Å². The topological polar surface area (TPSA) is 77.1 Å². The molecule has 1 saturated heterocycles. The Hall–Kier alpha value is -2.28. The number of nitrogens with zero attached hydrogens (tertiary/aromatic N) is 1. The van der Waals surface area contributed by atoms with E-state index in [2.05, 4.69) is 12.2 Å². The van der Waals surface area contributed by atoms with E-state index in [0.29, 0.717) is 35.8 Å². The minimum Gasteiger partial charge on any atom is -0.496 e. The molecule has 1 saturated carbocycles. The van der Waals surface area contributed by atoms with Gasteiger partial charge in [0.25, 0.3) is 5.91 Å². The molecule has 3 rings (SSSR count). The number of hydrogen-bond donors (Lipinski definition) is 1. The summed E-state index contributed by atoms with van der Waals surface area (Å²) in [6.45, 7) is 6.34. The number of carbonyl (C=O) groups is 2. The minimum atomic E-state index is -0.780. The molecule has 4 atom stereocenters. The van der Waals surface area contributed by atoms with Crippen molar-refractivity contribution in [1.82, 2.24) is 10.2 Å². The van der Waals surface area contributed by atoms with Gasteiger partial charge in [0.2, 0.25) is 5.91 Å². The Kier molecular flexibility index (Phi) is 6.91. The average molecular weight is 419 g/mol. The maximum Gasteiger partial charge on any atom is 0.264 e. The summed E-state index contributed by atoms with van der Waals surface area (Å²) in [5.74, 6) is 0.782. The molecule has 0 unspecified atom stereocenters. The first-order valence-corrected chi connectivity index (χ1v) is 10.9. The summed E-state index contributed by atoms with van der Waals surface area (Å²) in [6, 6.07) is 4.58. The van der Waals surface area contributed by atoms with Gasteiger partial charge in [-0.05, 0) is 50.7 Å². The zero-order chi connectivity index (χ0) is 21.9. The maximum atomic E-state index is 14.0. The normalized spacial score (nSPS) is 27.0. The molecule has 1 aliphatic carbocycles. The number of ether oxygens (including phenoxy) is 3. The molecular formula is C23H34N2O5. The highest BCUT2D eigenvalue weighted by Crippen LogP contribution is 2.45. The second-order valence-electron chi connectivity index (χ2n) is 8.51. The molecule has 2 amide bonds. The molecule has 7 nitrogen and oxygen atoms in total. The molecule has 0 radical (unpaired) electrons. The van der Waals surface area contributed by atoms with Gasteiger partial charge in [-0.1, -0.05) is 26.3 Å². The summed E-state index contributed by atoms with van der Waals surface area (Å²) < 4.78 is 17.2. The number of amides is 2. The lowest BCUT2D eigenvalue weighted by atomic mass is 9.82. The molecule has 1 aromatic carbocycles. The zero-order valence-corrected chi connectivity index (χ0v) is 18.7. The standard InChI is InChI=1S/C23H34N2O5/c1-6-16(3)24-21(26)17-14-30-23(12-8-9-15(2)13-23)25(17)22(27)20-18(28-4)10-7-11-19(20)29-5/h7,10-11,15-17H,6,8-9,12-14H2,1-5H3,(H,24,26)/t15-,16+,17+,23-/m0/s1. The van der Waals surface area contributed by atoms with Crippen molar-refractivity contribution < 1.29 is 23.8 Å². The Morgan fingerprint density at radius 2 is 1.97 bits per heavy atom. The lowest BCUT2D eigenvalue weighted by molar-refractivity contribution is -0.129. The van der Waals surface area contributed by atoms with Crippen molar-refractivity contribution in [3.8, 4) is 11.5 Å². The average Bonchev–Trinajstić information content (AvgIpc) is 3.10. The number of nitrogens with one attached hydrogen (secondary N) is 1. The summed E-state index contributed by atoms with van der Waals surface area (Å²) in [7, 11) is 3.05. The Bertz CT molecular complexity index is 761. The summed E-state index contributed by atoms with van der Waals surface area (Å²) in [4.78, 5) is 28.8.